The van der Waals surface area contributed by atoms with Crippen LogP contribution < -0.4 is 20.1 Å². The molecule has 1 atom stereocenters. The molecule has 3 heterocycles. The van der Waals surface area contributed by atoms with Gasteiger partial charge in [-0.15, -0.1) is 0 Å². The first kappa shape index (κ1) is 28.2. The van der Waals surface area contributed by atoms with Crippen LogP contribution in [0.1, 0.15) is 51.5 Å². The Morgan fingerprint density at radius 3 is 2.64 bits per heavy atom. The molecule has 12 heteroatoms. The first-order valence-electron chi connectivity index (χ1n) is 12.6. The number of anilines is 2. The van der Waals surface area contributed by atoms with Gasteiger partial charge in [-0.25, -0.2) is 24.1 Å². The van der Waals surface area contributed by atoms with Crippen molar-refractivity contribution in [3.63, 3.8) is 0 Å². The molecule has 0 radical (unpaired) electrons. The second-order valence-electron chi connectivity index (χ2n) is 10.9. The Hall–Kier alpha value is -3.80. The van der Waals surface area contributed by atoms with E-state index in [9.17, 15) is 17.6 Å². The third-order valence-electron chi connectivity index (χ3n) is 6.30. The van der Waals surface area contributed by atoms with Crippen LogP contribution in [0, 0.1) is 17.7 Å². The van der Waals surface area contributed by atoms with Crippen molar-refractivity contribution in [2.75, 3.05) is 23.8 Å². The van der Waals surface area contributed by atoms with E-state index >= 15 is 0 Å². The van der Waals surface area contributed by atoms with Crippen molar-refractivity contribution in [1.82, 2.24) is 19.7 Å². The third-order valence-corrected chi connectivity index (χ3v) is 7.53. The van der Waals surface area contributed by atoms with E-state index in [0.717, 1.165) is 6.42 Å². The minimum absolute atomic E-state index is 0.0185. The Labute approximate surface area is 227 Å². The standard InChI is InChI=1S/C27H33FN6O4S/c1-16(2)15-38-20-10-18(9-19(28)11-20)24-25(26(35)33-39(36,37)23-8-6-7-21(29)31-23)30-13-22(32-24)34-14-17(3)12-27(34,4)5/h6-11,13,16-17H,12,14-15H2,1-5H3,(H2,29,31)(H,33,35)/t17-/m0/s1. The summed E-state index contributed by atoms with van der Waals surface area (Å²) in [5.41, 5.74) is 5.33. The average molecular weight is 557 g/mol. The predicted octanol–water partition coefficient (Wildman–Crippen LogP) is 4.04. The monoisotopic (exact) mass is 556 g/mol. The number of aromatic nitrogens is 3. The lowest BCUT2D eigenvalue weighted by molar-refractivity contribution is 0.0977. The highest BCUT2D eigenvalue weighted by molar-refractivity contribution is 7.90. The van der Waals surface area contributed by atoms with Crippen LogP contribution in [0.15, 0.2) is 47.6 Å². The molecule has 3 N–H and O–H groups in total. The molecular weight excluding hydrogens is 523 g/mol. The summed E-state index contributed by atoms with van der Waals surface area (Å²) in [6, 6.07) is 8.05. The van der Waals surface area contributed by atoms with Crippen molar-refractivity contribution in [2.45, 2.75) is 51.6 Å². The minimum atomic E-state index is -4.38. The van der Waals surface area contributed by atoms with Gasteiger partial charge >= 0.3 is 0 Å². The second-order valence-corrected chi connectivity index (χ2v) is 12.5. The Morgan fingerprint density at radius 1 is 1.26 bits per heavy atom. The Morgan fingerprint density at radius 2 is 2.00 bits per heavy atom. The first-order valence-corrected chi connectivity index (χ1v) is 14.1. The number of halogens is 1. The summed E-state index contributed by atoms with van der Waals surface area (Å²) < 4.78 is 48.2. The maximum Gasteiger partial charge on any atom is 0.285 e. The van der Waals surface area contributed by atoms with E-state index in [-0.39, 0.29) is 40.0 Å². The Balaban J connectivity index is 1.80. The van der Waals surface area contributed by atoms with Gasteiger partial charge in [-0.2, -0.15) is 8.42 Å². The maximum absolute atomic E-state index is 14.7. The Kier molecular flexibility index (Phi) is 7.78. The quantitative estimate of drug-likeness (QED) is 0.421. The van der Waals surface area contributed by atoms with Crippen molar-refractivity contribution in [3.05, 3.63) is 54.1 Å². The molecule has 0 bridgehead atoms. The van der Waals surface area contributed by atoms with E-state index < -0.39 is 26.8 Å². The highest BCUT2D eigenvalue weighted by atomic mass is 32.2. The molecular formula is C27H33FN6O4S. The summed E-state index contributed by atoms with van der Waals surface area (Å²) in [6.45, 7) is 11.3. The fraction of sp³-hybridized carbons (Fsp3) is 0.407. The molecule has 0 spiro atoms. The van der Waals surface area contributed by atoms with Crippen LogP contribution in [0.5, 0.6) is 5.75 Å². The number of nitrogen functional groups attached to an aromatic ring is 1. The molecule has 39 heavy (non-hydrogen) atoms. The largest absolute Gasteiger partial charge is 0.493 e. The van der Waals surface area contributed by atoms with Crippen molar-refractivity contribution in [2.24, 2.45) is 11.8 Å². The number of rotatable bonds is 8. The second kappa shape index (κ2) is 10.8. The maximum atomic E-state index is 14.7. The zero-order valence-corrected chi connectivity index (χ0v) is 23.4. The minimum Gasteiger partial charge on any atom is -0.493 e. The molecule has 2 aromatic heterocycles. The number of nitrogens with one attached hydrogen (secondary N) is 1. The van der Waals surface area contributed by atoms with E-state index in [1.807, 2.05) is 18.6 Å². The Bertz CT molecular complexity index is 1500. The molecule has 1 amide bonds. The number of carbonyl (C=O) groups excluding carboxylic acids is 1. The summed E-state index contributed by atoms with van der Waals surface area (Å²) in [5.74, 6) is -0.325. The van der Waals surface area contributed by atoms with E-state index in [1.54, 1.807) is 6.07 Å². The van der Waals surface area contributed by atoms with Crippen molar-refractivity contribution in [3.8, 4) is 17.0 Å². The van der Waals surface area contributed by atoms with Gasteiger partial charge in [-0.3, -0.25) is 4.79 Å². The molecule has 1 aromatic carbocycles. The molecule has 1 fully saturated rings. The number of amides is 1. The molecule has 1 aliphatic rings. The number of nitrogens with two attached hydrogens (primary N) is 1. The molecule has 10 nitrogen and oxygen atoms in total. The van der Waals surface area contributed by atoms with Crippen molar-refractivity contribution >= 4 is 27.6 Å². The van der Waals surface area contributed by atoms with Crippen LogP contribution in [0.3, 0.4) is 0 Å². The van der Waals surface area contributed by atoms with Gasteiger partial charge in [0.05, 0.1) is 12.8 Å². The number of hydrogen-bond donors (Lipinski definition) is 2. The number of pyridine rings is 1. The summed E-state index contributed by atoms with van der Waals surface area (Å²) in [4.78, 5) is 28.2. The zero-order valence-electron chi connectivity index (χ0n) is 22.6. The number of benzene rings is 1. The van der Waals surface area contributed by atoms with Crippen LogP contribution >= 0.6 is 0 Å². The number of hydrogen-bond acceptors (Lipinski definition) is 9. The van der Waals surface area contributed by atoms with Gasteiger partial charge in [0.25, 0.3) is 15.9 Å². The number of carbonyl (C=O) groups is 1. The number of sulfonamides is 1. The van der Waals surface area contributed by atoms with E-state index in [2.05, 4.69) is 35.6 Å². The molecule has 0 unspecified atom stereocenters. The van der Waals surface area contributed by atoms with Crippen LogP contribution in [-0.4, -0.2) is 48.0 Å². The summed E-state index contributed by atoms with van der Waals surface area (Å²) in [5, 5.41) is -0.426. The molecule has 208 valence electrons. The zero-order chi connectivity index (χ0) is 28.5. The normalized spacial score (nSPS) is 16.9. The lowest BCUT2D eigenvalue weighted by atomic mass is 9.98. The van der Waals surface area contributed by atoms with Gasteiger partial charge in [0, 0.05) is 23.7 Å². The molecule has 4 rings (SSSR count). The fourth-order valence-electron chi connectivity index (χ4n) is 4.72. The smallest absolute Gasteiger partial charge is 0.285 e. The van der Waals surface area contributed by atoms with Gasteiger partial charge in [-0.05, 0) is 56.4 Å². The van der Waals surface area contributed by atoms with E-state index in [1.165, 1.54) is 36.5 Å². The topological polar surface area (TPSA) is 140 Å². The van der Waals surface area contributed by atoms with Gasteiger partial charge in [-0.1, -0.05) is 26.8 Å². The summed E-state index contributed by atoms with van der Waals surface area (Å²) in [6.07, 6.45) is 2.35. The number of nitrogens with zero attached hydrogens (tertiary/aromatic N) is 4. The molecule has 0 aliphatic carbocycles. The molecule has 0 saturated carbocycles. The van der Waals surface area contributed by atoms with Gasteiger partial charge in [0.1, 0.15) is 28.9 Å². The SMILES string of the molecule is CC(C)COc1cc(F)cc(-c2nc(N3C[C@@H](C)CC3(C)C)cnc2C(=O)NS(=O)(=O)c2cccc(N)n2)c1. The van der Waals surface area contributed by atoms with Crippen LogP contribution in [0.2, 0.25) is 0 Å². The first-order chi connectivity index (χ1) is 18.2. The lowest BCUT2D eigenvalue weighted by Gasteiger charge is -2.32. The van der Waals surface area contributed by atoms with Gasteiger partial charge in [0.15, 0.2) is 10.7 Å². The lowest BCUT2D eigenvalue weighted by Crippen LogP contribution is -2.39. The van der Waals surface area contributed by atoms with Gasteiger partial charge in [0.2, 0.25) is 0 Å². The van der Waals surface area contributed by atoms with Crippen LogP contribution in [-0.2, 0) is 10.0 Å². The van der Waals surface area contributed by atoms with Gasteiger partial charge < -0.3 is 15.4 Å². The van der Waals surface area contributed by atoms with Crippen molar-refractivity contribution < 1.29 is 22.3 Å². The van der Waals surface area contributed by atoms with E-state index in [4.69, 9.17) is 15.5 Å². The third kappa shape index (κ3) is 6.44. The van der Waals surface area contributed by atoms with Crippen LogP contribution in [0.25, 0.3) is 11.3 Å². The molecule has 3 aromatic rings. The summed E-state index contributed by atoms with van der Waals surface area (Å²) in [7, 11) is -4.38. The van der Waals surface area contributed by atoms with E-state index in [0.29, 0.717) is 24.9 Å². The van der Waals surface area contributed by atoms with Crippen molar-refractivity contribution in [1.29, 1.82) is 0 Å². The molecule has 1 aliphatic heterocycles. The average Bonchev–Trinajstić information content (AvgIpc) is 3.13. The number of ether oxygens (including phenoxy) is 1. The highest BCUT2D eigenvalue weighted by Crippen LogP contribution is 2.37. The fourth-order valence-corrected chi connectivity index (χ4v) is 5.64. The summed E-state index contributed by atoms with van der Waals surface area (Å²) >= 11 is 0. The van der Waals surface area contributed by atoms with Crippen LogP contribution in [0.4, 0.5) is 16.0 Å². The predicted molar refractivity (Wildman–Crippen MR) is 146 cm³/mol. The highest BCUT2D eigenvalue weighted by Gasteiger charge is 2.38. The molecule has 1 saturated heterocycles.